The lowest BCUT2D eigenvalue weighted by atomic mass is 10.3. The predicted molar refractivity (Wildman–Crippen MR) is 103 cm³/mol. The molecular weight excluding hydrogens is 437 g/mol. The molecule has 0 atom stereocenters. The zero-order valence-electron chi connectivity index (χ0n) is 14.5. The highest BCUT2D eigenvalue weighted by atomic mass is 35.5. The molecule has 0 aliphatic heterocycles. The molecule has 0 fully saturated rings. The normalized spacial score (nSPS) is 12.2. The molecule has 0 saturated heterocycles. The van der Waals surface area contributed by atoms with Crippen molar-refractivity contribution in [1.82, 2.24) is 4.31 Å². The summed E-state index contributed by atoms with van der Waals surface area (Å²) < 4.78 is 63.1. The van der Waals surface area contributed by atoms with E-state index in [0.717, 1.165) is 4.31 Å². The number of thioether (sulfide) groups is 1. The van der Waals surface area contributed by atoms with Gasteiger partial charge in [-0.15, -0.1) is 11.8 Å². The highest BCUT2D eigenvalue weighted by molar-refractivity contribution is 7.99. The third-order valence-corrected chi connectivity index (χ3v) is 6.65. The fourth-order valence-corrected chi connectivity index (χ4v) is 4.14. The van der Waals surface area contributed by atoms with Crippen molar-refractivity contribution in [3.05, 3.63) is 53.6 Å². The number of sulfonamides is 1. The molecule has 0 unspecified atom stereocenters. The molecule has 2 aromatic rings. The van der Waals surface area contributed by atoms with E-state index in [9.17, 15) is 26.4 Å². The summed E-state index contributed by atoms with van der Waals surface area (Å²) in [4.78, 5) is 12.4. The van der Waals surface area contributed by atoms with Crippen molar-refractivity contribution in [3.8, 4) is 0 Å². The van der Waals surface area contributed by atoms with Crippen molar-refractivity contribution in [2.45, 2.75) is 16.0 Å². The molecule has 0 saturated carbocycles. The third kappa shape index (κ3) is 6.40. The van der Waals surface area contributed by atoms with Gasteiger partial charge < -0.3 is 5.32 Å². The Morgan fingerprint density at radius 2 is 1.75 bits per heavy atom. The van der Waals surface area contributed by atoms with Crippen molar-refractivity contribution >= 4 is 45.0 Å². The van der Waals surface area contributed by atoms with E-state index in [1.54, 1.807) is 12.1 Å². The number of benzene rings is 2. The minimum absolute atomic E-state index is 0.0340. The summed E-state index contributed by atoms with van der Waals surface area (Å²) in [6.45, 7) is -0.511. The average molecular weight is 453 g/mol. The first-order valence-corrected chi connectivity index (χ1v) is 10.6. The zero-order chi connectivity index (χ0) is 20.9. The summed E-state index contributed by atoms with van der Waals surface area (Å²) >= 11 is 6.27. The smallest absolute Gasteiger partial charge is 0.324 e. The van der Waals surface area contributed by atoms with E-state index in [0.29, 0.717) is 16.8 Å². The Hall–Kier alpha value is -1.75. The average Bonchev–Trinajstić information content (AvgIpc) is 2.60. The highest BCUT2D eigenvalue weighted by Gasteiger charge is 2.28. The van der Waals surface area contributed by atoms with Crippen LogP contribution in [-0.4, -0.2) is 44.2 Å². The zero-order valence-corrected chi connectivity index (χ0v) is 16.9. The number of alkyl halides is 3. The van der Waals surface area contributed by atoms with Crippen LogP contribution in [0.3, 0.4) is 0 Å². The van der Waals surface area contributed by atoms with Gasteiger partial charge in [-0.1, -0.05) is 23.7 Å². The Kier molecular flexibility index (Phi) is 7.38. The molecule has 2 rings (SSSR count). The Labute approximate surface area is 169 Å². The number of para-hydroxylation sites is 1. The predicted octanol–water partition coefficient (Wildman–Crippen LogP) is 4.25. The lowest BCUT2D eigenvalue weighted by Crippen LogP contribution is -2.35. The topological polar surface area (TPSA) is 66.5 Å². The Balaban J connectivity index is 2.07. The molecule has 0 aromatic heterocycles. The van der Waals surface area contributed by atoms with E-state index < -0.39 is 34.4 Å². The van der Waals surface area contributed by atoms with Crippen LogP contribution in [0.25, 0.3) is 0 Å². The fraction of sp³-hybridized carbons (Fsp3) is 0.235. The van der Waals surface area contributed by atoms with Crippen molar-refractivity contribution in [1.29, 1.82) is 0 Å². The van der Waals surface area contributed by atoms with Crippen molar-refractivity contribution in [3.63, 3.8) is 0 Å². The number of hydrogen-bond donors (Lipinski definition) is 1. The van der Waals surface area contributed by atoms with Gasteiger partial charge in [0.2, 0.25) is 15.9 Å². The number of carbonyl (C=O) groups is 1. The molecule has 1 amide bonds. The number of hydrogen-bond acceptors (Lipinski definition) is 4. The number of nitrogens with zero attached hydrogens (tertiary/aromatic N) is 1. The van der Waals surface area contributed by atoms with E-state index in [4.69, 9.17) is 11.6 Å². The van der Waals surface area contributed by atoms with Gasteiger partial charge in [0.25, 0.3) is 0 Å². The minimum atomic E-state index is -4.35. The number of anilines is 1. The van der Waals surface area contributed by atoms with E-state index in [-0.39, 0.29) is 15.5 Å². The van der Waals surface area contributed by atoms with Crippen molar-refractivity contribution in [2.75, 3.05) is 24.7 Å². The second-order valence-corrected chi connectivity index (χ2v) is 9.16. The molecule has 0 spiro atoms. The molecule has 5 nitrogen and oxygen atoms in total. The van der Waals surface area contributed by atoms with Gasteiger partial charge in [-0.25, -0.2) is 8.42 Å². The maximum atomic E-state index is 12.5. The van der Waals surface area contributed by atoms with Gasteiger partial charge in [0.1, 0.15) is 0 Å². The van der Waals surface area contributed by atoms with E-state index in [1.807, 2.05) is 0 Å². The number of amides is 1. The number of halogens is 4. The maximum absolute atomic E-state index is 12.5. The number of likely N-dealkylation sites (N-methyl/N-ethyl adjacent to an activating group) is 1. The van der Waals surface area contributed by atoms with Crippen LogP contribution in [0.5, 0.6) is 0 Å². The standard InChI is InChI=1S/C17H16ClF3N2O3S2/c1-23(28(25,26)13-8-6-12(18)7-9-13)10-16(24)22-14-4-2-3-5-15(14)27-11-17(19,20)21/h2-9H,10-11H2,1H3,(H,22,24). The largest absolute Gasteiger partial charge is 0.398 e. The SMILES string of the molecule is CN(CC(=O)Nc1ccccc1SCC(F)(F)F)S(=O)(=O)c1ccc(Cl)cc1. The van der Waals surface area contributed by atoms with Crippen LogP contribution < -0.4 is 5.32 Å². The highest BCUT2D eigenvalue weighted by Crippen LogP contribution is 2.32. The maximum Gasteiger partial charge on any atom is 0.398 e. The van der Waals surface area contributed by atoms with Crippen LogP contribution in [0.2, 0.25) is 5.02 Å². The molecule has 0 heterocycles. The fourth-order valence-electron chi connectivity index (χ4n) is 2.12. The van der Waals surface area contributed by atoms with Gasteiger partial charge in [0.05, 0.1) is 22.9 Å². The van der Waals surface area contributed by atoms with Gasteiger partial charge in [-0.2, -0.15) is 17.5 Å². The molecule has 0 aliphatic rings. The summed E-state index contributed by atoms with van der Waals surface area (Å²) in [5, 5.41) is 2.82. The Morgan fingerprint density at radius 1 is 1.14 bits per heavy atom. The van der Waals surface area contributed by atoms with Gasteiger partial charge >= 0.3 is 6.18 Å². The van der Waals surface area contributed by atoms with E-state index in [2.05, 4.69) is 5.32 Å². The molecular formula is C17H16ClF3N2O3S2. The summed E-state index contributed by atoms with van der Waals surface area (Å²) in [6.07, 6.45) is -4.35. The van der Waals surface area contributed by atoms with Crippen LogP contribution in [-0.2, 0) is 14.8 Å². The summed E-state index contributed by atoms with van der Waals surface area (Å²) in [5.74, 6) is -1.79. The molecule has 2 aromatic carbocycles. The van der Waals surface area contributed by atoms with Gasteiger partial charge in [-0.05, 0) is 36.4 Å². The van der Waals surface area contributed by atoms with Crippen LogP contribution in [0, 0.1) is 0 Å². The molecule has 0 bridgehead atoms. The van der Waals surface area contributed by atoms with Gasteiger partial charge in [0, 0.05) is 17.0 Å². The van der Waals surface area contributed by atoms with Crippen LogP contribution in [0.1, 0.15) is 0 Å². The summed E-state index contributed by atoms with van der Waals surface area (Å²) in [5.41, 5.74) is 0.180. The van der Waals surface area contributed by atoms with E-state index in [1.165, 1.54) is 43.4 Å². The third-order valence-electron chi connectivity index (χ3n) is 3.44. The Bertz CT molecular complexity index is 935. The minimum Gasteiger partial charge on any atom is -0.324 e. The second kappa shape index (κ2) is 9.17. The first-order valence-electron chi connectivity index (χ1n) is 7.79. The first-order chi connectivity index (χ1) is 13.0. The number of nitrogens with one attached hydrogen (secondary N) is 1. The molecule has 28 heavy (non-hydrogen) atoms. The van der Waals surface area contributed by atoms with Gasteiger partial charge in [0.15, 0.2) is 0 Å². The Morgan fingerprint density at radius 3 is 2.36 bits per heavy atom. The van der Waals surface area contributed by atoms with Gasteiger partial charge in [-0.3, -0.25) is 4.79 Å². The molecule has 1 N–H and O–H groups in total. The first kappa shape index (κ1) is 22.5. The number of carbonyl (C=O) groups excluding carboxylic acids is 1. The monoisotopic (exact) mass is 452 g/mol. The lowest BCUT2D eigenvalue weighted by molar-refractivity contribution is -0.116. The molecule has 0 aliphatic carbocycles. The molecule has 11 heteroatoms. The van der Waals surface area contributed by atoms with Crippen LogP contribution >= 0.6 is 23.4 Å². The van der Waals surface area contributed by atoms with Crippen molar-refractivity contribution in [2.24, 2.45) is 0 Å². The molecule has 152 valence electrons. The van der Waals surface area contributed by atoms with Crippen LogP contribution in [0.15, 0.2) is 58.3 Å². The van der Waals surface area contributed by atoms with Crippen LogP contribution in [0.4, 0.5) is 18.9 Å². The van der Waals surface area contributed by atoms with Crippen molar-refractivity contribution < 1.29 is 26.4 Å². The second-order valence-electron chi connectivity index (χ2n) is 5.66. The summed E-state index contributed by atoms with van der Waals surface area (Å²) in [6, 6.07) is 11.5. The lowest BCUT2D eigenvalue weighted by Gasteiger charge is -2.18. The van der Waals surface area contributed by atoms with E-state index >= 15 is 0 Å². The number of rotatable bonds is 7. The quantitative estimate of drug-likeness (QED) is 0.638. The molecule has 0 radical (unpaired) electrons. The summed E-state index contributed by atoms with van der Waals surface area (Å²) in [7, 11) is -2.69.